The smallest absolute Gasteiger partial charge is 0.330 e. The van der Waals surface area contributed by atoms with Crippen LogP contribution in [0.25, 0.3) is 0 Å². The lowest BCUT2D eigenvalue weighted by Crippen LogP contribution is -2.42. The van der Waals surface area contributed by atoms with E-state index in [1.165, 1.54) is 10.8 Å². The number of aliphatic hydroxyl groups is 1. The number of nitrogens with one attached hydrogen (secondary N) is 1. The number of hydrogen-bond acceptors (Lipinski definition) is 6. The molecule has 0 amide bonds. The van der Waals surface area contributed by atoms with Crippen LogP contribution in [-0.4, -0.2) is 52.3 Å². The number of H-pyrrole nitrogens is 1. The molecule has 0 radical (unpaired) electrons. The zero-order valence-electron chi connectivity index (χ0n) is 14.7. The molecular formula is C16H26N2O6. The Morgan fingerprint density at radius 2 is 2.08 bits per heavy atom. The van der Waals surface area contributed by atoms with Crippen LogP contribution in [0.4, 0.5) is 0 Å². The summed E-state index contributed by atoms with van der Waals surface area (Å²) in [6.45, 7) is 7.42. The Morgan fingerprint density at radius 1 is 1.42 bits per heavy atom. The summed E-state index contributed by atoms with van der Waals surface area (Å²) in [4.78, 5) is 26.0. The van der Waals surface area contributed by atoms with Crippen LogP contribution < -0.4 is 11.2 Å². The summed E-state index contributed by atoms with van der Waals surface area (Å²) in [7, 11) is 1.58. The molecule has 1 fully saturated rings. The molecule has 4 atom stereocenters. The molecule has 136 valence electrons. The molecule has 0 aromatic carbocycles. The topological polar surface area (TPSA) is 103 Å². The number of aromatic amines is 1. The maximum Gasteiger partial charge on any atom is 0.330 e. The van der Waals surface area contributed by atoms with Crippen molar-refractivity contribution in [1.82, 2.24) is 9.55 Å². The van der Waals surface area contributed by atoms with Gasteiger partial charge in [-0.2, -0.15) is 0 Å². The normalized spacial score (nSPS) is 27.6. The molecule has 24 heavy (non-hydrogen) atoms. The fourth-order valence-corrected chi connectivity index (χ4v) is 2.59. The fourth-order valence-electron chi connectivity index (χ4n) is 2.59. The van der Waals surface area contributed by atoms with Crippen LogP contribution in [0.15, 0.2) is 15.8 Å². The second-order valence-electron chi connectivity index (χ2n) is 6.68. The average molecular weight is 342 g/mol. The zero-order valence-corrected chi connectivity index (χ0v) is 14.7. The number of aryl methyl sites for hydroxylation is 1. The molecule has 2 heterocycles. The lowest BCUT2D eigenvalue weighted by Gasteiger charge is -2.28. The van der Waals surface area contributed by atoms with E-state index in [0.717, 1.165) is 0 Å². The van der Waals surface area contributed by atoms with Gasteiger partial charge in [0.2, 0.25) is 0 Å². The van der Waals surface area contributed by atoms with Gasteiger partial charge in [0.1, 0.15) is 12.2 Å². The first-order valence-corrected chi connectivity index (χ1v) is 8.02. The van der Waals surface area contributed by atoms with Crippen molar-refractivity contribution in [3.8, 4) is 0 Å². The van der Waals surface area contributed by atoms with Crippen molar-refractivity contribution in [2.75, 3.05) is 13.7 Å². The van der Waals surface area contributed by atoms with Gasteiger partial charge in [-0.05, 0) is 27.2 Å². The van der Waals surface area contributed by atoms with Crippen molar-refractivity contribution >= 4 is 0 Å². The van der Waals surface area contributed by atoms with Gasteiger partial charge in [0, 0.05) is 18.9 Å². The molecule has 0 bridgehead atoms. The minimum atomic E-state index is -0.883. The van der Waals surface area contributed by atoms with E-state index in [1.807, 2.05) is 20.8 Å². The third kappa shape index (κ3) is 3.77. The minimum Gasteiger partial charge on any atom is -0.388 e. The maximum atomic E-state index is 12.1. The van der Waals surface area contributed by atoms with E-state index in [2.05, 4.69) is 4.98 Å². The molecule has 1 aliphatic heterocycles. The van der Waals surface area contributed by atoms with E-state index < -0.39 is 41.4 Å². The number of nitrogens with zero attached hydrogens (tertiary/aromatic N) is 1. The lowest BCUT2D eigenvalue weighted by molar-refractivity contribution is -0.120. The first-order valence-electron chi connectivity index (χ1n) is 8.02. The van der Waals surface area contributed by atoms with Gasteiger partial charge in [-0.15, -0.1) is 0 Å². The number of ether oxygens (including phenoxy) is 3. The van der Waals surface area contributed by atoms with Crippen LogP contribution >= 0.6 is 0 Å². The Kier molecular flexibility index (Phi) is 5.64. The van der Waals surface area contributed by atoms with Crippen LogP contribution in [0.2, 0.25) is 0 Å². The second-order valence-corrected chi connectivity index (χ2v) is 6.68. The van der Waals surface area contributed by atoms with Crippen molar-refractivity contribution in [2.24, 2.45) is 0 Å². The van der Waals surface area contributed by atoms with Crippen LogP contribution in [0.5, 0.6) is 0 Å². The number of aliphatic hydroxyl groups excluding tert-OH is 1. The van der Waals surface area contributed by atoms with Crippen molar-refractivity contribution in [1.29, 1.82) is 0 Å². The van der Waals surface area contributed by atoms with E-state index in [9.17, 15) is 14.7 Å². The SMILES string of the molecule is CC[C@H]1O[C@@H](n2cc(C)c(=O)[nH]c2=O)[C@@H](OCC(C)(C)OC)C1O. The molecule has 0 spiro atoms. The predicted octanol–water partition coefficient (Wildman–Crippen LogP) is 0.324. The molecular weight excluding hydrogens is 316 g/mol. The Hall–Kier alpha value is -1.48. The Bertz CT molecular complexity index is 680. The van der Waals surface area contributed by atoms with E-state index in [0.29, 0.717) is 12.0 Å². The summed E-state index contributed by atoms with van der Waals surface area (Å²) >= 11 is 0. The zero-order chi connectivity index (χ0) is 18.1. The highest BCUT2D eigenvalue weighted by atomic mass is 16.6. The van der Waals surface area contributed by atoms with E-state index in [-0.39, 0.29) is 6.61 Å². The highest BCUT2D eigenvalue weighted by Gasteiger charge is 2.45. The van der Waals surface area contributed by atoms with Crippen molar-refractivity contribution in [3.63, 3.8) is 0 Å². The molecule has 0 aliphatic carbocycles. The number of rotatable bonds is 6. The summed E-state index contributed by atoms with van der Waals surface area (Å²) in [6.07, 6.45) is -0.902. The molecule has 2 N–H and O–H groups in total. The third-order valence-electron chi connectivity index (χ3n) is 4.31. The van der Waals surface area contributed by atoms with Gasteiger partial charge in [-0.1, -0.05) is 6.92 Å². The number of aromatic nitrogens is 2. The molecule has 1 aliphatic rings. The van der Waals surface area contributed by atoms with E-state index in [1.54, 1.807) is 14.0 Å². The van der Waals surface area contributed by atoms with Gasteiger partial charge in [0.15, 0.2) is 6.23 Å². The molecule has 1 unspecified atom stereocenters. The van der Waals surface area contributed by atoms with Crippen LogP contribution in [-0.2, 0) is 14.2 Å². The fraction of sp³-hybridized carbons (Fsp3) is 0.750. The van der Waals surface area contributed by atoms with Gasteiger partial charge in [-0.3, -0.25) is 14.3 Å². The molecule has 2 rings (SSSR count). The number of methoxy groups -OCH3 is 1. The van der Waals surface area contributed by atoms with Gasteiger partial charge in [-0.25, -0.2) is 4.79 Å². The summed E-state index contributed by atoms with van der Waals surface area (Å²) in [5.41, 5.74) is -1.21. The summed E-state index contributed by atoms with van der Waals surface area (Å²) < 4.78 is 18.3. The molecule has 1 saturated heterocycles. The highest BCUT2D eigenvalue weighted by molar-refractivity contribution is 5.03. The quantitative estimate of drug-likeness (QED) is 0.772. The first-order chi connectivity index (χ1) is 11.2. The Labute approximate surface area is 140 Å². The van der Waals surface area contributed by atoms with Crippen LogP contribution in [0.3, 0.4) is 0 Å². The molecule has 8 nitrogen and oxygen atoms in total. The van der Waals surface area contributed by atoms with Gasteiger partial charge in [0.25, 0.3) is 5.56 Å². The third-order valence-corrected chi connectivity index (χ3v) is 4.31. The predicted molar refractivity (Wildman–Crippen MR) is 87.1 cm³/mol. The summed E-state index contributed by atoms with van der Waals surface area (Å²) in [6, 6.07) is 0. The van der Waals surface area contributed by atoms with Crippen LogP contribution in [0.1, 0.15) is 39.0 Å². The van der Waals surface area contributed by atoms with Gasteiger partial charge in [0.05, 0.1) is 18.3 Å². The monoisotopic (exact) mass is 342 g/mol. The van der Waals surface area contributed by atoms with E-state index in [4.69, 9.17) is 14.2 Å². The van der Waals surface area contributed by atoms with Gasteiger partial charge < -0.3 is 19.3 Å². The molecule has 1 aromatic heterocycles. The summed E-state index contributed by atoms with van der Waals surface area (Å²) in [5.74, 6) is 0. The Morgan fingerprint density at radius 3 is 2.67 bits per heavy atom. The Balaban J connectivity index is 2.33. The molecule has 0 saturated carbocycles. The standard InChI is InChI=1S/C16H26N2O6/c1-6-10-11(19)12(23-8-16(3,4)22-5)14(24-10)18-7-9(2)13(20)17-15(18)21/h7,10-12,14,19H,6,8H2,1-5H3,(H,17,20,21)/t10-,11?,12+,14-/m1/s1. The lowest BCUT2D eigenvalue weighted by atomic mass is 10.1. The summed E-state index contributed by atoms with van der Waals surface area (Å²) in [5, 5.41) is 10.5. The minimum absolute atomic E-state index is 0.221. The van der Waals surface area contributed by atoms with Gasteiger partial charge >= 0.3 is 5.69 Å². The molecule has 8 heteroatoms. The van der Waals surface area contributed by atoms with Crippen molar-refractivity contribution in [3.05, 3.63) is 32.6 Å². The first kappa shape index (κ1) is 18.9. The maximum absolute atomic E-state index is 12.1. The van der Waals surface area contributed by atoms with Crippen LogP contribution in [0, 0.1) is 6.92 Å². The number of hydrogen-bond donors (Lipinski definition) is 2. The highest BCUT2D eigenvalue weighted by Crippen LogP contribution is 2.33. The average Bonchev–Trinajstić information content (AvgIpc) is 2.85. The van der Waals surface area contributed by atoms with Crippen molar-refractivity contribution in [2.45, 2.75) is 64.3 Å². The largest absolute Gasteiger partial charge is 0.388 e. The van der Waals surface area contributed by atoms with E-state index >= 15 is 0 Å². The van der Waals surface area contributed by atoms with Crippen molar-refractivity contribution < 1.29 is 19.3 Å². The molecule has 1 aromatic rings. The second kappa shape index (κ2) is 7.18.